The first-order valence-corrected chi connectivity index (χ1v) is 6.23. The van der Waals surface area contributed by atoms with Crippen LogP contribution in [-0.4, -0.2) is 36.5 Å². The number of esters is 1. The third-order valence-electron chi connectivity index (χ3n) is 2.83. The van der Waals surface area contributed by atoms with Crippen LogP contribution in [0.2, 0.25) is 0 Å². The number of benzene rings is 1. The normalized spacial score (nSPS) is 11.7. The van der Waals surface area contributed by atoms with Crippen LogP contribution in [0.1, 0.15) is 18.9 Å². The van der Waals surface area contributed by atoms with E-state index in [9.17, 15) is 9.59 Å². The van der Waals surface area contributed by atoms with Gasteiger partial charge in [0.25, 0.3) is 0 Å². The van der Waals surface area contributed by atoms with E-state index in [0.29, 0.717) is 13.0 Å². The molecule has 1 aromatic rings. The second-order valence-corrected chi connectivity index (χ2v) is 4.27. The minimum Gasteiger partial charge on any atom is -0.468 e. The molecule has 1 unspecified atom stereocenters. The molecular weight excluding hydrogens is 244 g/mol. The number of hydrogen-bond donors (Lipinski definition) is 1. The number of carbonyl (C=O) groups excluding carboxylic acids is 2. The molecule has 5 nitrogen and oxygen atoms in total. The molecule has 2 N–H and O–H groups in total. The summed E-state index contributed by atoms with van der Waals surface area (Å²) in [7, 11) is 1.30. The van der Waals surface area contributed by atoms with E-state index in [4.69, 9.17) is 5.73 Å². The summed E-state index contributed by atoms with van der Waals surface area (Å²) in [5.41, 5.74) is 6.69. The molecule has 104 valence electrons. The van der Waals surface area contributed by atoms with Gasteiger partial charge in [0.05, 0.1) is 13.2 Å². The van der Waals surface area contributed by atoms with E-state index in [-0.39, 0.29) is 12.5 Å². The molecule has 0 spiro atoms. The van der Waals surface area contributed by atoms with Crippen LogP contribution in [0, 0.1) is 0 Å². The standard InChI is InChI=1S/C14H20N2O3/c1-3-12(15)14(18)16(10-13(17)19-2)9-11-7-5-4-6-8-11/h4-8,12H,3,9-10,15H2,1-2H3. The first-order valence-electron chi connectivity index (χ1n) is 6.23. The first kappa shape index (κ1) is 15.2. The van der Waals surface area contributed by atoms with Crippen molar-refractivity contribution in [3.8, 4) is 0 Å². The average molecular weight is 264 g/mol. The molecular formula is C14H20N2O3. The molecule has 0 heterocycles. The van der Waals surface area contributed by atoms with E-state index in [0.717, 1.165) is 5.56 Å². The van der Waals surface area contributed by atoms with Gasteiger partial charge in [0.15, 0.2) is 0 Å². The highest BCUT2D eigenvalue weighted by atomic mass is 16.5. The SMILES string of the molecule is CCC(N)C(=O)N(CC(=O)OC)Cc1ccccc1. The highest BCUT2D eigenvalue weighted by Gasteiger charge is 2.22. The molecule has 0 aliphatic carbocycles. The Bertz CT molecular complexity index is 420. The molecule has 19 heavy (non-hydrogen) atoms. The summed E-state index contributed by atoms with van der Waals surface area (Å²) in [6.45, 7) is 2.10. The van der Waals surface area contributed by atoms with Gasteiger partial charge in [-0.15, -0.1) is 0 Å². The van der Waals surface area contributed by atoms with Gasteiger partial charge < -0.3 is 15.4 Å². The molecule has 0 aromatic heterocycles. The van der Waals surface area contributed by atoms with Gasteiger partial charge >= 0.3 is 5.97 Å². The van der Waals surface area contributed by atoms with Crippen LogP contribution in [0.3, 0.4) is 0 Å². The molecule has 0 bridgehead atoms. The fourth-order valence-corrected chi connectivity index (χ4v) is 1.65. The van der Waals surface area contributed by atoms with Gasteiger partial charge in [-0.3, -0.25) is 9.59 Å². The maximum atomic E-state index is 12.1. The lowest BCUT2D eigenvalue weighted by Crippen LogP contribution is -2.45. The highest BCUT2D eigenvalue weighted by molar-refractivity contribution is 5.85. The maximum absolute atomic E-state index is 12.1. The predicted molar refractivity (Wildman–Crippen MR) is 72.1 cm³/mol. The summed E-state index contributed by atoms with van der Waals surface area (Å²) < 4.78 is 4.61. The Morgan fingerprint density at radius 2 is 1.95 bits per heavy atom. The molecule has 1 rings (SSSR count). The molecule has 1 aromatic carbocycles. The van der Waals surface area contributed by atoms with Gasteiger partial charge in [-0.25, -0.2) is 0 Å². The van der Waals surface area contributed by atoms with Crippen molar-refractivity contribution in [2.45, 2.75) is 25.9 Å². The smallest absolute Gasteiger partial charge is 0.325 e. The highest BCUT2D eigenvalue weighted by Crippen LogP contribution is 2.07. The van der Waals surface area contributed by atoms with Gasteiger partial charge in [0.1, 0.15) is 6.54 Å². The number of carbonyl (C=O) groups is 2. The minimum absolute atomic E-state index is 0.0854. The third kappa shape index (κ3) is 4.71. The monoisotopic (exact) mass is 264 g/mol. The number of amides is 1. The van der Waals surface area contributed by atoms with Crippen LogP contribution >= 0.6 is 0 Å². The fraction of sp³-hybridized carbons (Fsp3) is 0.429. The van der Waals surface area contributed by atoms with Crippen LogP contribution < -0.4 is 5.73 Å². The van der Waals surface area contributed by atoms with E-state index < -0.39 is 12.0 Å². The third-order valence-corrected chi connectivity index (χ3v) is 2.83. The lowest BCUT2D eigenvalue weighted by molar-refractivity contribution is -0.147. The minimum atomic E-state index is -0.589. The molecule has 1 amide bonds. The number of nitrogens with zero attached hydrogens (tertiary/aromatic N) is 1. The van der Waals surface area contributed by atoms with E-state index in [1.54, 1.807) is 0 Å². The van der Waals surface area contributed by atoms with E-state index in [1.165, 1.54) is 12.0 Å². The summed E-state index contributed by atoms with van der Waals surface area (Å²) in [6.07, 6.45) is 0.533. The molecule has 0 fully saturated rings. The summed E-state index contributed by atoms with van der Waals surface area (Å²) in [4.78, 5) is 24.9. The number of rotatable bonds is 6. The van der Waals surface area contributed by atoms with Crippen molar-refractivity contribution < 1.29 is 14.3 Å². The zero-order valence-corrected chi connectivity index (χ0v) is 11.3. The topological polar surface area (TPSA) is 72.6 Å². The molecule has 5 heteroatoms. The van der Waals surface area contributed by atoms with Crippen molar-refractivity contribution in [3.05, 3.63) is 35.9 Å². The Morgan fingerprint density at radius 1 is 1.32 bits per heavy atom. The van der Waals surface area contributed by atoms with Crippen LogP contribution in [0.25, 0.3) is 0 Å². The van der Waals surface area contributed by atoms with Gasteiger partial charge in [0, 0.05) is 6.54 Å². The second kappa shape index (κ2) is 7.53. The van der Waals surface area contributed by atoms with Crippen molar-refractivity contribution in [2.24, 2.45) is 5.73 Å². The van der Waals surface area contributed by atoms with E-state index in [1.807, 2.05) is 37.3 Å². The summed E-state index contributed by atoms with van der Waals surface area (Å²) in [5, 5.41) is 0. The van der Waals surface area contributed by atoms with Gasteiger partial charge in [0.2, 0.25) is 5.91 Å². The number of nitrogens with two attached hydrogens (primary N) is 1. The van der Waals surface area contributed by atoms with Crippen LogP contribution in [-0.2, 0) is 20.9 Å². The largest absolute Gasteiger partial charge is 0.468 e. The quantitative estimate of drug-likeness (QED) is 0.776. The van der Waals surface area contributed by atoms with E-state index in [2.05, 4.69) is 4.74 Å². The predicted octanol–water partition coefficient (Wildman–Crippen LogP) is 0.925. The number of methoxy groups -OCH3 is 1. The fourth-order valence-electron chi connectivity index (χ4n) is 1.65. The summed E-state index contributed by atoms with van der Waals surface area (Å²) in [6, 6.07) is 8.87. The summed E-state index contributed by atoms with van der Waals surface area (Å²) >= 11 is 0. The van der Waals surface area contributed by atoms with Crippen molar-refractivity contribution >= 4 is 11.9 Å². The van der Waals surface area contributed by atoms with Crippen LogP contribution in [0.15, 0.2) is 30.3 Å². The number of ether oxygens (including phenoxy) is 1. The van der Waals surface area contributed by atoms with Crippen molar-refractivity contribution in [1.29, 1.82) is 0 Å². The van der Waals surface area contributed by atoms with Gasteiger partial charge in [-0.2, -0.15) is 0 Å². The molecule has 1 atom stereocenters. The molecule has 0 aliphatic heterocycles. The Balaban J connectivity index is 2.80. The molecule has 0 saturated heterocycles. The van der Waals surface area contributed by atoms with Crippen LogP contribution in [0.5, 0.6) is 0 Å². The van der Waals surface area contributed by atoms with Crippen molar-refractivity contribution in [1.82, 2.24) is 4.90 Å². The maximum Gasteiger partial charge on any atom is 0.325 e. The Kier molecular flexibility index (Phi) is 6.02. The molecule has 0 radical (unpaired) electrons. The van der Waals surface area contributed by atoms with Crippen molar-refractivity contribution in [3.63, 3.8) is 0 Å². The number of hydrogen-bond acceptors (Lipinski definition) is 4. The van der Waals surface area contributed by atoms with Crippen LogP contribution in [0.4, 0.5) is 0 Å². The lowest BCUT2D eigenvalue weighted by Gasteiger charge is -2.24. The summed E-state index contributed by atoms with van der Waals surface area (Å²) in [5.74, 6) is -0.690. The molecule has 0 saturated carbocycles. The van der Waals surface area contributed by atoms with Gasteiger partial charge in [-0.1, -0.05) is 37.3 Å². The van der Waals surface area contributed by atoms with Crippen molar-refractivity contribution in [2.75, 3.05) is 13.7 Å². The van der Waals surface area contributed by atoms with E-state index >= 15 is 0 Å². The Labute approximate surface area is 113 Å². The van der Waals surface area contributed by atoms with Gasteiger partial charge in [-0.05, 0) is 12.0 Å². The lowest BCUT2D eigenvalue weighted by atomic mass is 10.1. The second-order valence-electron chi connectivity index (χ2n) is 4.27. The molecule has 0 aliphatic rings. The zero-order chi connectivity index (χ0) is 14.3. The Morgan fingerprint density at radius 3 is 2.47 bits per heavy atom. The first-order chi connectivity index (χ1) is 9.08. The Hall–Kier alpha value is -1.88. The average Bonchev–Trinajstić information content (AvgIpc) is 2.45. The zero-order valence-electron chi connectivity index (χ0n) is 11.3.